The highest BCUT2D eigenvalue weighted by molar-refractivity contribution is 7.25. The second-order valence-corrected chi connectivity index (χ2v) is 17.5. The third kappa shape index (κ3) is 4.12. The molecule has 0 saturated heterocycles. The van der Waals surface area contributed by atoms with Crippen molar-refractivity contribution in [3.63, 3.8) is 0 Å². The van der Waals surface area contributed by atoms with Crippen molar-refractivity contribution < 1.29 is 0 Å². The van der Waals surface area contributed by atoms with Crippen LogP contribution in [0.5, 0.6) is 0 Å². The molecule has 0 spiro atoms. The van der Waals surface area contributed by atoms with Crippen molar-refractivity contribution in [3.05, 3.63) is 188 Å². The van der Waals surface area contributed by atoms with E-state index in [2.05, 4.69) is 202 Å². The molecule has 0 aliphatic carbocycles. The van der Waals surface area contributed by atoms with Gasteiger partial charge >= 0.3 is 0 Å². The summed E-state index contributed by atoms with van der Waals surface area (Å²) >= 11 is 1.74. The predicted octanol–water partition coefficient (Wildman–Crippen LogP) is 15.0. The number of para-hydroxylation sites is 4. The maximum Gasteiger partial charge on any atom is 0.163 e. The van der Waals surface area contributed by atoms with Gasteiger partial charge in [-0.05, 0) is 65.4 Å². The van der Waals surface area contributed by atoms with E-state index in [1.54, 1.807) is 11.3 Å². The summed E-state index contributed by atoms with van der Waals surface area (Å²) in [4.78, 5) is 12.2. The second-order valence-electron chi connectivity index (χ2n) is 16.5. The number of thiophene rings is 1. The summed E-state index contributed by atoms with van der Waals surface area (Å²) in [6.07, 6.45) is 0. The number of fused-ring (bicyclic) bond motifs is 18. The normalized spacial score (nSPS) is 12.5. The molecule has 0 N–H and O–H groups in total. The van der Waals surface area contributed by atoms with E-state index in [9.17, 15) is 0 Å². The molecule has 0 amide bonds. The molecule has 6 heteroatoms. The lowest BCUT2D eigenvalue weighted by atomic mass is 10.0. The molecule has 0 unspecified atom stereocenters. The van der Waals surface area contributed by atoms with Crippen LogP contribution in [0.4, 0.5) is 0 Å². The topological polar surface area (TPSA) is 40.0 Å². The van der Waals surface area contributed by atoms with Crippen molar-refractivity contribution in [1.29, 1.82) is 0 Å². The molecule has 9 aromatic carbocycles. The highest BCUT2D eigenvalue weighted by Crippen LogP contribution is 2.49. The van der Waals surface area contributed by atoms with Crippen molar-refractivity contribution in [3.8, 4) is 22.9 Å². The summed E-state index contributed by atoms with van der Waals surface area (Å²) in [6.45, 7) is 0. The third-order valence-corrected chi connectivity index (χ3v) is 14.4. The first-order chi connectivity index (χ1) is 30.8. The lowest BCUT2D eigenvalue weighted by molar-refractivity contribution is 1.08. The Hall–Kier alpha value is -8.06. The molecule has 0 fully saturated rings. The predicted molar refractivity (Wildman–Crippen MR) is 261 cm³/mol. The molecular weight excluding hydrogens is 775 g/mol. The number of rotatable bonds is 3. The summed E-state index contributed by atoms with van der Waals surface area (Å²) in [5.74, 6) is 1.60. The number of aromatic nitrogens is 5. The number of hydrogen-bond acceptors (Lipinski definition) is 3. The van der Waals surface area contributed by atoms with Crippen molar-refractivity contribution in [2.75, 3.05) is 0 Å². The van der Waals surface area contributed by atoms with E-state index in [0.29, 0.717) is 5.82 Å². The van der Waals surface area contributed by atoms with Crippen LogP contribution in [0.15, 0.2) is 188 Å². The van der Waals surface area contributed by atoms with E-state index in [4.69, 9.17) is 9.97 Å². The maximum absolute atomic E-state index is 5.79. The molecule has 62 heavy (non-hydrogen) atoms. The van der Waals surface area contributed by atoms with Crippen LogP contribution in [-0.2, 0) is 0 Å². The van der Waals surface area contributed by atoms with E-state index in [0.717, 1.165) is 43.7 Å². The van der Waals surface area contributed by atoms with E-state index >= 15 is 0 Å². The number of hydrogen-bond donors (Lipinski definition) is 0. The van der Waals surface area contributed by atoms with Crippen LogP contribution in [0.3, 0.4) is 0 Å². The average Bonchev–Trinajstić information content (AvgIpc) is 4.13. The molecule has 15 rings (SSSR count). The zero-order valence-electron chi connectivity index (χ0n) is 33.0. The lowest BCUT2D eigenvalue weighted by Crippen LogP contribution is -2.02. The highest BCUT2D eigenvalue weighted by Gasteiger charge is 2.28. The summed E-state index contributed by atoms with van der Waals surface area (Å²) in [7, 11) is 0. The van der Waals surface area contributed by atoms with Crippen LogP contribution in [0.1, 0.15) is 0 Å². The van der Waals surface area contributed by atoms with Gasteiger partial charge in [0, 0.05) is 64.4 Å². The Morgan fingerprint density at radius 3 is 1.87 bits per heavy atom. The Morgan fingerprint density at radius 1 is 0.371 bits per heavy atom. The first-order valence-electron chi connectivity index (χ1n) is 21.1. The standard InChI is InChI=1S/C56H31N5S/c1-2-15-34(16-3-1)59-43-22-10-6-18-36(43)38-28-26-33(30-47(38)59)54-57-55(51-40-21-9-13-25-48(40)62-56(51)58-54)61-46-29-27-32-14-4-5-17-35(32)49(46)42-31-41-37-19-7-11-23-44(37)60-45-24-12-8-20-39(45)50(52(41)60)53(42)61/h1-31H. The third-order valence-electron chi connectivity index (χ3n) is 13.4. The van der Waals surface area contributed by atoms with Crippen molar-refractivity contribution >= 4 is 124 Å². The monoisotopic (exact) mass is 805 g/mol. The minimum absolute atomic E-state index is 0.702. The Bertz CT molecular complexity index is 4390. The number of nitrogens with zero attached hydrogens (tertiary/aromatic N) is 5. The molecule has 0 bridgehead atoms. The first-order valence-corrected chi connectivity index (χ1v) is 21.9. The molecule has 286 valence electrons. The average molecular weight is 806 g/mol. The van der Waals surface area contributed by atoms with Crippen LogP contribution in [0.25, 0.3) is 136 Å². The first kappa shape index (κ1) is 32.8. The fourth-order valence-electron chi connectivity index (χ4n) is 10.9. The fraction of sp³-hybridized carbons (Fsp3) is 0. The van der Waals surface area contributed by atoms with E-state index in [-0.39, 0.29) is 0 Å². The highest BCUT2D eigenvalue weighted by atomic mass is 32.1. The molecule has 0 aliphatic heterocycles. The van der Waals surface area contributed by atoms with E-state index in [1.807, 2.05) is 0 Å². The fourth-order valence-corrected chi connectivity index (χ4v) is 11.9. The van der Waals surface area contributed by atoms with Gasteiger partial charge in [0.15, 0.2) is 11.6 Å². The minimum atomic E-state index is 0.702. The molecule has 0 aliphatic rings. The number of benzene rings is 9. The van der Waals surface area contributed by atoms with Gasteiger partial charge in [0.05, 0.1) is 44.0 Å². The zero-order chi connectivity index (χ0) is 40.2. The lowest BCUT2D eigenvalue weighted by Gasteiger charge is -2.13. The van der Waals surface area contributed by atoms with Gasteiger partial charge in [0.1, 0.15) is 4.83 Å². The van der Waals surface area contributed by atoms with Gasteiger partial charge in [0.2, 0.25) is 0 Å². The molecule has 6 aromatic heterocycles. The summed E-state index contributed by atoms with van der Waals surface area (Å²) in [5, 5.41) is 14.6. The molecule has 0 atom stereocenters. The Labute approximate surface area is 356 Å². The molecule has 15 aromatic rings. The molecule has 0 radical (unpaired) electrons. The smallest absolute Gasteiger partial charge is 0.163 e. The van der Waals surface area contributed by atoms with Crippen LogP contribution in [-0.4, -0.2) is 23.5 Å². The Morgan fingerprint density at radius 2 is 1.03 bits per heavy atom. The summed E-state index contributed by atoms with van der Waals surface area (Å²) in [6, 6.07) is 68.5. The van der Waals surface area contributed by atoms with Gasteiger partial charge < -0.3 is 8.97 Å². The van der Waals surface area contributed by atoms with Gasteiger partial charge in [-0.1, -0.05) is 133 Å². The minimum Gasteiger partial charge on any atom is -0.309 e. The van der Waals surface area contributed by atoms with Crippen molar-refractivity contribution in [2.24, 2.45) is 0 Å². The van der Waals surface area contributed by atoms with E-state index < -0.39 is 0 Å². The van der Waals surface area contributed by atoms with Crippen LogP contribution >= 0.6 is 11.3 Å². The van der Waals surface area contributed by atoms with Crippen LogP contribution < -0.4 is 0 Å². The summed E-state index contributed by atoms with van der Waals surface area (Å²) in [5.41, 5.74) is 10.4. The SMILES string of the molecule is c1ccc(-n2c3ccccc3c3ccc(-c4nc(-n5c6ccc7ccccc7c6c6cc7c8ccccc8n8c9ccccc9c(c65)c78)c5c(n4)sc4ccccc45)cc32)cc1. The van der Waals surface area contributed by atoms with Crippen molar-refractivity contribution in [1.82, 2.24) is 23.5 Å². The van der Waals surface area contributed by atoms with Crippen molar-refractivity contribution in [2.45, 2.75) is 0 Å². The quantitative estimate of drug-likeness (QED) is 0.178. The summed E-state index contributed by atoms with van der Waals surface area (Å²) < 4.78 is 8.53. The Kier molecular flexibility index (Phi) is 6.24. The maximum atomic E-state index is 5.79. The van der Waals surface area contributed by atoms with Crippen LogP contribution in [0.2, 0.25) is 0 Å². The van der Waals surface area contributed by atoms with E-state index in [1.165, 1.54) is 86.1 Å². The molecule has 6 heterocycles. The molecule has 5 nitrogen and oxygen atoms in total. The second kappa shape index (κ2) is 11.8. The van der Waals surface area contributed by atoms with Crippen LogP contribution in [0, 0.1) is 0 Å². The Balaban J connectivity index is 1.14. The van der Waals surface area contributed by atoms with Gasteiger partial charge in [0.25, 0.3) is 0 Å². The molecule has 0 saturated carbocycles. The zero-order valence-corrected chi connectivity index (χ0v) is 33.9. The van der Waals surface area contributed by atoms with Gasteiger partial charge in [-0.15, -0.1) is 11.3 Å². The van der Waals surface area contributed by atoms with Gasteiger partial charge in [-0.3, -0.25) is 4.57 Å². The molecular formula is C56H31N5S. The largest absolute Gasteiger partial charge is 0.309 e. The van der Waals surface area contributed by atoms with Gasteiger partial charge in [-0.25, -0.2) is 9.97 Å². The van der Waals surface area contributed by atoms with Gasteiger partial charge in [-0.2, -0.15) is 0 Å².